The van der Waals surface area contributed by atoms with Crippen LogP contribution in [-0.4, -0.2) is 21.6 Å². The Morgan fingerprint density at radius 3 is 1.14 bits per heavy atom. The first kappa shape index (κ1) is 47.5. The van der Waals surface area contributed by atoms with Crippen molar-refractivity contribution >= 4 is 72.3 Å². The van der Waals surface area contributed by atoms with E-state index in [-0.39, 0.29) is 7.25 Å². The van der Waals surface area contributed by atoms with Crippen molar-refractivity contribution in [3.8, 4) is 22.3 Å². The van der Waals surface area contributed by atoms with Gasteiger partial charge in [0.25, 0.3) is 0 Å². The summed E-state index contributed by atoms with van der Waals surface area (Å²) in [6.07, 6.45) is 6.69. The minimum absolute atomic E-state index is 0.229. The van der Waals surface area contributed by atoms with Crippen LogP contribution in [0.25, 0.3) is 45.6 Å². The van der Waals surface area contributed by atoms with Crippen molar-refractivity contribution in [2.75, 3.05) is 0 Å². The first-order valence-corrected chi connectivity index (χ1v) is 45.8. The summed E-state index contributed by atoms with van der Waals surface area (Å²) in [4.78, 5) is 0. The normalized spacial score (nSPS) is 16.5. The predicted octanol–water partition coefficient (Wildman–Crippen LogP) is 16.4. The van der Waals surface area contributed by atoms with Gasteiger partial charge in [0.2, 0.25) is 0 Å². The van der Waals surface area contributed by atoms with Gasteiger partial charge in [-0.1, -0.05) is 0 Å². The average Bonchev–Trinajstić information content (AvgIpc) is 4.00. The van der Waals surface area contributed by atoms with Gasteiger partial charge in [0.05, 0.1) is 0 Å². The summed E-state index contributed by atoms with van der Waals surface area (Å²) in [5.74, 6) is 3.49. The summed E-state index contributed by atoms with van der Waals surface area (Å²) in [6.45, 7) is 37.4. The zero-order chi connectivity index (χ0) is 46.6. The molecule has 6 aromatic rings. The molecule has 8 rings (SSSR count). The van der Waals surface area contributed by atoms with E-state index in [1.165, 1.54) is 77.9 Å². The van der Waals surface area contributed by atoms with Crippen molar-refractivity contribution in [1.82, 2.24) is 0 Å². The van der Waals surface area contributed by atoms with Crippen LogP contribution in [0.15, 0.2) is 81.6 Å². The second-order valence-electron chi connectivity index (χ2n) is 21.4. The molecule has 0 N–H and O–H groups in total. The van der Waals surface area contributed by atoms with Gasteiger partial charge in [-0.3, -0.25) is 0 Å². The van der Waals surface area contributed by atoms with Crippen LogP contribution < -0.4 is 10.4 Å². The summed E-state index contributed by atoms with van der Waals surface area (Å²) in [5, 5.41) is 3.11. The Morgan fingerprint density at radius 1 is 0.531 bits per heavy atom. The molecule has 0 amide bonds. The molecule has 0 saturated carbocycles. The van der Waals surface area contributed by atoms with Crippen LogP contribution in [0.1, 0.15) is 99.8 Å². The predicted molar refractivity (Wildman–Crippen MR) is 285 cm³/mol. The third-order valence-corrected chi connectivity index (χ3v) is 65.4. The molecular formula is C56H68Cl2O2Si3Zr. The van der Waals surface area contributed by atoms with Crippen molar-refractivity contribution in [3.63, 3.8) is 0 Å². The number of hydrogen-bond donors (Lipinski definition) is 0. The fourth-order valence-corrected chi connectivity index (χ4v) is 45.0. The molecule has 4 aromatic carbocycles. The van der Waals surface area contributed by atoms with Crippen molar-refractivity contribution < 1.29 is 23.8 Å². The SMILES string of the molecule is CCc1ccc2c(c1-c1cc(C)c([Si](C)(C)C)c(C)c1)C=C(c1ccc(C)o1)[CH]2[Zr]([Cl])([Cl])([CH]1C(c2ccc(C)o2)=Cc2c1ccc(CC)c2-c1cc(C)c([Si](C)(C)C)c(C)c1)=[Si](C)C. The first-order chi connectivity index (χ1) is 29.9. The van der Waals surface area contributed by atoms with Gasteiger partial charge in [-0.05, 0) is 0 Å². The van der Waals surface area contributed by atoms with Gasteiger partial charge in [0.15, 0.2) is 0 Å². The van der Waals surface area contributed by atoms with Gasteiger partial charge >= 0.3 is 398 Å². The Hall–Kier alpha value is -2.97. The van der Waals surface area contributed by atoms with Crippen molar-refractivity contribution in [2.45, 2.75) is 128 Å². The molecule has 0 saturated heterocycles. The average molecular weight is 1020 g/mol. The zero-order valence-electron chi connectivity index (χ0n) is 41.2. The van der Waals surface area contributed by atoms with Gasteiger partial charge < -0.3 is 0 Å². The molecule has 0 spiro atoms. The number of halogens is 2. The fraction of sp³-hybridized carbons (Fsp3) is 0.357. The van der Waals surface area contributed by atoms with Crippen LogP contribution in [-0.2, 0) is 27.9 Å². The summed E-state index contributed by atoms with van der Waals surface area (Å²) in [6, 6.07) is 27.8. The zero-order valence-corrected chi connectivity index (χ0v) is 48.2. The third kappa shape index (κ3) is 7.67. The number of hydrogen-bond acceptors (Lipinski definition) is 2. The van der Waals surface area contributed by atoms with E-state index >= 15 is 0 Å². The molecule has 8 heteroatoms. The summed E-state index contributed by atoms with van der Waals surface area (Å²) < 4.78 is 12.9. The van der Waals surface area contributed by atoms with Gasteiger partial charge in [0.1, 0.15) is 0 Å². The molecule has 0 aliphatic heterocycles. The summed E-state index contributed by atoms with van der Waals surface area (Å²) >= 11 is -5.47. The number of fused-ring (bicyclic) bond motifs is 2. The second-order valence-corrected chi connectivity index (χ2v) is 70.2. The standard InChI is InChI=1S/2C27H31OSi.C2H6Si.2ClH.Zr/c2*1-8-20-10-11-21-15-22(25-12-9-19(4)28-25)16-24(21)26(20)23-13-17(2)27(18(3)14-23)29(5,6)7;1-3-2;;;/h2*9-16H,8H2,1-7H3;1-2H3;2*1H;/q;;;;;+2/p-2. The molecule has 334 valence electrons. The van der Waals surface area contributed by atoms with E-state index in [2.05, 4.69) is 179 Å². The third-order valence-electron chi connectivity index (χ3n) is 14.5. The molecule has 2 heterocycles. The maximum absolute atomic E-state index is 9.15. The molecule has 2 unspecified atom stereocenters. The van der Waals surface area contributed by atoms with E-state index < -0.39 is 36.6 Å². The Balaban J connectivity index is 1.46. The van der Waals surface area contributed by atoms with Crippen LogP contribution in [0.3, 0.4) is 0 Å². The molecule has 64 heavy (non-hydrogen) atoms. The van der Waals surface area contributed by atoms with Gasteiger partial charge in [-0.2, -0.15) is 0 Å². The van der Waals surface area contributed by atoms with E-state index in [9.17, 15) is 0 Å². The van der Waals surface area contributed by atoms with Crippen LogP contribution in [0.4, 0.5) is 0 Å². The second kappa shape index (κ2) is 16.7. The summed E-state index contributed by atoms with van der Waals surface area (Å²) in [7, 11) is 15.1. The molecule has 0 radical (unpaired) electrons. The Bertz CT molecular complexity index is 2800. The Kier molecular flexibility index (Phi) is 12.4. The monoisotopic (exact) mass is 1020 g/mol. The van der Waals surface area contributed by atoms with E-state index in [0.717, 1.165) is 47.0 Å². The molecule has 2 aliphatic rings. The van der Waals surface area contributed by atoms with E-state index in [1.807, 2.05) is 13.8 Å². The van der Waals surface area contributed by atoms with Crippen LogP contribution in [0, 0.1) is 41.5 Å². The van der Waals surface area contributed by atoms with Gasteiger partial charge in [0, 0.05) is 0 Å². The number of allylic oxidation sites excluding steroid dienone is 2. The number of benzene rings is 4. The summed E-state index contributed by atoms with van der Waals surface area (Å²) in [5.41, 5.74) is 19.1. The maximum atomic E-state index is 9.15. The van der Waals surface area contributed by atoms with Crippen LogP contribution in [0.2, 0.25) is 52.4 Å². The van der Waals surface area contributed by atoms with Crippen LogP contribution in [0.5, 0.6) is 0 Å². The molecule has 0 bridgehead atoms. The topological polar surface area (TPSA) is 26.3 Å². The van der Waals surface area contributed by atoms with E-state index in [0.29, 0.717) is 0 Å². The number of rotatable bonds is 10. The molecule has 0 fully saturated rings. The van der Waals surface area contributed by atoms with Crippen molar-refractivity contribution in [3.05, 3.63) is 151 Å². The molecule has 2 aromatic heterocycles. The van der Waals surface area contributed by atoms with Gasteiger partial charge in [-0.25, -0.2) is 0 Å². The number of furan rings is 2. The Morgan fingerprint density at radius 2 is 0.875 bits per heavy atom. The van der Waals surface area contributed by atoms with E-state index in [1.54, 1.807) is 10.4 Å². The minimum atomic E-state index is -5.47. The molecular weight excluding hydrogens is 951 g/mol. The van der Waals surface area contributed by atoms with Crippen molar-refractivity contribution in [1.29, 1.82) is 0 Å². The van der Waals surface area contributed by atoms with Crippen molar-refractivity contribution in [2.24, 2.45) is 0 Å². The van der Waals surface area contributed by atoms with Gasteiger partial charge in [-0.15, -0.1) is 0 Å². The van der Waals surface area contributed by atoms with Crippen LogP contribution >= 0.6 is 17.0 Å². The van der Waals surface area contributed by atoms with E-state index in [4.69, 9.17) is 25.9 Å². The fourth-order valence-electron chi connectivity index (χ4n) is 12.3. The first-order valence-electron chi connectivity index (χ1n) is 23.4. The quantitative estimate of drug-likeness (QED) is 0.128. The molecule has 2 aliphatic carbocycles. The number of aryl methyl sites for hydroxylation is 8. The Labute approximate surface area is 394 Å². The molecule has 2 atom stereocenters. The molecule has 2 nitrogen and oxygen atoms in total.